The Morgan fingerprint density at radius 1 is 1.04 bits per heavy atom. The number of hydrogen-bond acceptors (Lipinski definition) is 4. The van der Waals surface area contributed by atoms with E-state index in [0.717, 1.165) is 36.4 Å². The normalized spacial score (nSPS) is 38.5. The van der Waals surface area contributed by atoms with Crippen molar-refractivity contribution in [1.29, 1.82) is 0 Å². The summed E-state index contributed by atoms with van der Waals surface area (Å²) in [4.78, 5) is 18.7. The maximum Gasteiger partial charge on any atom is 0.150 e. The van der Waals surface area contributed by atoms with E-state index in [4.69, 9.17) is 4.74 Å². The van der Waals surface area contributed by atoms with Gasteiger partial charge in [-0.2, -0.15) is 0 Å². The van der Waals surface area contributed by atoms with Crippen LogP contribution in [-0.4, -0.2) is 48.9 Å². The first-order valence-electron chi connectivity index (χ1n) is 9.61. The number of carbonyl (C=O) groups is 1. The van der Waals surface area contributed by atoms with Crippen LogP contribution in [0.2, 0.25) is 0 Å². The highest BCUT2D eigenvalue weighted by molar-refractivity contribution is 9.10. The van der Waals surface area contributed by atoms with Gasteiger partial charge in [0.2, 0.25) is 0 Å². The molecule has 0 aliphatic carbocycles. The van der Waals surface area contributed by atoms with Gasteiger partial charge in [0, 0.05) is 36.2 Å². The molecule has 4 saturated heterocycles. The van der Waals surface area contributed by atoms with E-state index in [0.29, 0.717) is 17.6 Å². The van der Waals surface area contributed by atoms with Gasteiger partial charge in [0.1, 0.15) is 5.75 Å². The quantitative estimate of drug-likeness (QED) is 0.737. The van der Waals surface area contributed by atoms with Crippen molar-refractivity contribution >= 4 is 21.7 Å². The van der Waals surface area contributed by atoms with Gasteiger partial charge in [0.15, 0.2) is 5.78 Å². The molecule has 0 saturated carbocycles. The largest absolute Gasteiger partial charge is 0.496 e. The molecule has 4 aliphatic rings. The zero-order valence-electron chi connectivity index (χ0n) is 16.4. The number of ketones is 1. The minimum Gasteiger partial charge on any atom is -0.496 e. The summed E-state index contributed by atoms with van der Waals surface area (Å²) in [5.41, 5.74) is 0.721. The molecule has 1 aromatic carbocycles. The lowest BCUT2D eigenvalue weighted by Gasteiger charge is -2.68. The minimum absolute atomic E-state index is 0.189. The minimum atomic E-state index is -0.240. The molecule has 0 N–H and O–H groups in total. The van der Waals surface area contributed by atoms with E-state index in [1.165, 1.54) is 5.56 Å². The predicted octanol–water partition coefficient (Wildman–Crippen LogP) is 3.96. The van der Waals surface area contributed by atoms with Crippen LogP contribution in [-0.2, 0) is 4.79 Å². The van der Waals surface area contributed by atoms with E-state index in [1.54, 1.807) is 7.11 Å². The molecule has 0 aromatic heterocycles. The number of rotatable bonds is 4. The highest BCUT2D eigenvalue weighted by Gasteiger charge is 2.67. The summed E-state index contributed by atoms with van der Waals surface area (Å²) >= 11 is 3.62. The Bertz CT molecular complexity index is 700. The van der Waals surface area contributed by atoms with Crippen LogP contribution >= 0.6 is 15.9 Å². The average molecular weight is 421 g/mol. The van der Waals surface area contributed by atoms with Crippen molar-refractivity contribution in [3.63, 3.8) is 0 Å². The molecular formula is C21H29BrN2O2. The summed E-state index contributed by atoms with van der Waals surface area (Å²) in [6, 6.07) is 6.24. The van der Waals surface area contributed by atoms with Crippen molar-refractivity contribution in [3.05, 3.63) is 28.2 Å². The van der Waals surface area contributed by atoms with Crippen LogP contribution in [0.5, 0.6) is 5.75 Å². The first kappa shape index (κ1) is 18.5. The molecule has 4 bridgehead atoms. The van der Waals surface area contributed by atoms with E-state index in [9.17, 15) is 4.79 Å². The SMILES string of the molecule is COc1ccc(Br)cc1C1N2CC3(C(C)C)CN1CC(C(C)C)(C2)C3=O. The lowest BCUT2D eigenvalue weighted by molar-refractivity contribution is -0.217. The summed E-state index contributed by atoms with van der Waals surface area (Å²) in [6.45, 7) is 12.3. The Kier molecular flexibility index (Phi) is 4.29. The molecule has 142 valence electrons. The van der Waals surface area contributed by atoms with Crippen molar-refractivity contribution < 1.29 is 9.53 Å². The molecular weight excluding hydrogens is 392 g/mol. The second kappa shape index (κ2) is 6.05. The first-order valence-corrected chi connectivity index (χ1v) is 10.4. The van der Waals surface area contributed by atoms with Gasteiger partial charge in [-0.25, -0.2) is 0 Å². The molecule has 5 heteroatoms. The predicted molar refractivity (Wildman–Crippen MR) is 106 cm³/mol. The highest BCUT2D eigenvalue weighted by atomic mass is 79.9. The second-order valence-corrected chi connectivity index (χ2v) is 9.94. The van der Waals surface area contributed by atoms with Crippen LogP contribution in [0.3, 0.4) is 0 Å². The smallest absolute Gasteiger partial charge is 0.150 e. The van der Waals surface area contributed by atoms with Crippen molar-refractivity contribution in [2.45, 2.75) is 33.9 Å². The standard InChI is InChI=1S/C21H29BrN2O2/c1-13(2)20-9-23-11-21(14(3)4,19(20)25)12-24(10-20)18(23)16-8-15(22)6-7-17(16)26-5/h6-8,13-14,18H,9-12H2,1-5H3. The Hall–Kier alpha value is -0.910. The summed E-state index contributed by atoms with van der Waals surface area (Å²) in [7, 11) is 1.74. The molecule has 0 atom stereocenters. The fraction of sp³-hybridized carbons (Fsp3) is 0.667. The van der Waals surface area contributed by atoms with Crippen molar-refractivity contribution in [1.82, 2.24) is 9.80 Å². The van der Waals surface area contributed by atoms with Crippen LogP contribution in [0.4, 0.5) is 0 Å². The summed E-state index contributed by atoms with van der Waals surface area (Å²) in [6.07, 6.45) is 0.189. The Labute approximate surface area is 165 Å². The maximum absolute atomic E-state index is 13.6. The molecule has 4 aliphatic heterocycles. The van der Waals surface area contributed by atoms with E-state index in [1.807, 2.05) is 12.1 Å². The van der Waals surface area contributed by atoms with Gasteiger partial charge in [0.25, 0.3) is 0 Å². The number of methoxy groups -OCH3 is 1. The van der Waals surface area contributed by atoms with Crippen molar-refractivity contribution in [3.8, 4) is 5.75 Å². The Morgan fingerprint density at radius 3 is 1.96 bits per heavy atom. The fourth-order valence-electron chi connectivity index (χ4n) is 5.58. The number of piperidine rings is 2. The van der Waals surface area contributed by atoms with Gasteiger partial charge in [-0.05, 0) is 30.0 Å². The second-order valence-electron chi connectivity index (χ2n) is 9.02. The highest BCUT2D eigenvalue weighted by Crippen LogP contribution is 2.57. The molecule has 26 heavy (non-hydrogen) atoms. The van der Waals surface area contributed by atoms with Crippen LogP contribution in [0.15, 0.2) is 22.7 Å². The number of benzene rings is 1. The third kappa shape index (κ3) is 2.29. The molecule has 5 rings (SSSR count). The summed E-state index contributed by atoms with van der Waals surface area (Å²) in [5, 5.41) is 0. The monoisotopic (exact) mass is 420 g/mol. The van der Waals surface area contributed by atoms with E-state index < -0.39 is 0 Å². The van der Waals surface area contributed by atoms with E-state index >= 15 is 0 Å². The molecule has 0 radical (unpaired) electrons. The number of nitrogens with zero attached hydrogens (tertiary/aromatic N) is 2. The van der Waals surface area contributed by atoms with Gasteiger partial charge in [-0.15, -0.1) is 0 Å². The summed E-state index contributed by atoms with van der Waals surface area (Å²) in [5.74, 6) is 2.14. The molecule has 0 spiro atoms. The molecule has 4 nitrogen and oxygen atoms in total. The molecule has 1 aromatic rings. The van der Waals surface area contributed by atoms with Gasteiger partial charge >= 0.3 is 0 Å². The number of hydrogen-bond donors (Lipinski definition) is 0. The van der Waals surface area contributed by atoms with Gasteiger partial charge in [-0.3, -0.25) is 14.6 Å². The Morgan fingerprint density at radius 2 is 1.54 bits per heavy atom. The Balaban J connectivity index is 1.82. The zero-order valence-corrected chi connectivity index (χ0v) is 18.0. The van der Waals surface area contributed by atoms with E-state index in [2.05, 4.69) is 59.5 Å². The molecule has 0 amide bonds. The number of ether oxygens (including phenoxy) is 1. The number of carbonyl (C=O) groups excluding carboxylic acids is 1. The lowest BCUT2D eigenvalue weighted by atomic mass is 9.53. The van der Waals surface area contributed by atoms with Gasteiger partial charge in [-0.1, -0.05) is 43.6 Å². The third-order valence-corrected chi connectivity index (χ3v) is 7.71. The van der Waals surface area contributed by atoms with Crippen molar-refractivity contribution in [2.75, 3.05) is 33.3 Å². The van der Waals surface area contributed by atoms with Gasteiger partial charge in [0.05, 0.1) is 24.1 Å². The maximum atomic E-state index is 13.6. The molecule has 4 fully saturated rings. The zero-order chi connectivity index (χ0) is 18.9. The van der Waals surface area contributed by atoms with Crippen LogP contribution in [0.25, 0.3) is 0 Å². The van der Waals surface area contributed by atoms with E-state index in [-0.39, 0.29) is 17.0 Å². The summed E-state index contributed by atoms with van der Waals surface area (Å²) < 4.78 is 6.75. The average Bonchev–Trinajstić information content (AvgIpc) is 2.58. The number of halogens is 1. The van der Waals surface area contributed by atoms with Crippen LogP contribution in [0.1, 0.15) is 39.4 Å². The van der Waals surface area contributed by atoms with Crippen LogP contribution < -0.4 is 4.74 Å². The molecule has 4 heterocycles. The van der Waals surface area contributed by atoms with Gasteiger partial charge < -0.3 is 4.74 Å². The topological polar surface area (TPSA) is 32.8 Å². The third-order valence-electron chi connectivity index (χ3n) is 7.22. The first-order chi connectivity index (χ1) is 12.2. The van der Waals surface area contributed by atoms with Crippen molar-refractivity contribution in [2.24, 2.45) is 22.7 Å². The lowest BCUT2D eigenvalue weighted by Crippen LogP contribution is -2.78. The fourth-order valence-corrected chi connectivity index (χ4v) is 5.96. The number of Topliss-reactive ketones (excluding diaryl/α,β-unsaturated/α-hetero) is 1. The van der Waals surface area contributed by atoms with Crippen LogP contribution in [0, 0.1) is 22.7 Å². The molecule has 0 unspecified atom stereocenters.